The molecule has 84 heavy (non-hydrogen) atoms. The molecule has 2 aromatic carbocycles. The van der Waals surface area contributed by atoms with Crippen molar-refractivity contribution in [2.24, 2.45) is 21.7 Å². The van der Waals surface area contributed by atoms with E-state index in [1.54, 1.807) is 0 Å². The molecular formula is C76H92N4O4. The zero-order valence-electron chi connectivity index (χ0n) is 54.8. The van der Waals surface area contributed by atoms with Crippen molar-refractivity contribution >= 4 is 69.1 Å². The molecule has 5 heterocycles. The summed E-state index contributed by atoms with van der Waals surface area (Å²) in [6.07, 6.45) is 16.6. The first-order chi connectivity index (χ1) is 38.3. The third kappa shape index (κ3) is 11.4. The summed E-state index contributed by atoms with van der Waals surface area (Å²) in [5.74, 6) is 0.654. The lowest BCUT2D eigenvalue weighted by molar-refractivity contribution is -0.114. The minimum atomic E-state index is -0.482. The van der Waals surface area contributed by atoms with Crippen molar-refractivity contribution in [3.63, 3.8) is 0 Å². The van der Waals surface area contributed by atoms with Crippen LogP contribution in [0.25, 0.3) is 79.8 Å². The van der Waals surface area contributed by atoms with Crippen LogP contribution in [0.15, 0.2) is 95.1 Å². The topological polar surface area (TPSA) is 132 Å². The van der Waals surface area contributed by atoms with E-state index >= 15 is 0 Å². The van der Waals surface area contributed by atoms with Crippen molar-refractivity contribution < 1.29 is 19.8 Å². The average Bonchev–Trinajstić information content (AvgIpc) is 2.79. The predicted octanol–water partition coefficient (Wildman–Crippen LogP) is 17.9. The SMILES string of the molecule is CC(C)(C)C1=CC(=c2c3nc(c(-c4cc(C(C)(C)C)c(O)c(C(C)(C)C)c4)c4ccc([nH]4)c(=C4C=C(C(C)(C)C)C(=O)C(C(C)(C)C)=C4)c4nc(c(-c5cc(C(C)(C)C)c(O)c(C(C)(C)C)c5)c5ccc2[nH]5)C=C4)C=C3)C=C(C(C)(C)C)C1=O. The summed E-state index contributed by atoms with van der Waals surface area (Å²) in [6, 6.07) is 17.0. The van der Waals surface area contributed by atoms with E-state index in [1.165, 1.54) is 0 Å². The molecule has 0 fully saturated rings. The van der Waals surface area contributed by atoms with Crippen LogP contribution >= 0.6 is 0 Å². The Morgan fingerprint density at radius 2 is 0.571 bits per heavy atom. The molecular weight excluding hydrogens is 1030 g/mol. The summed E-state index contributed by atoms with van der Waals surface area (Å²) in [5.41, 5.74) is 13.7. The Kier molecular flexibility index (Phi) is 14.7. The fourth-order valence-electron chi connectivity index (χ4n) is 12.0. The second-order valence-corrected chi connectivity index (χ2v) is 32.1. The van der Waals surface area contributed by atoms with Crippen LogP contribution in [-0.4, -0.2) is 41.7 Å². The van der Waals surface area contributed by atoms with Gasteiger partial charge in [0.1, 0.15) is 11.5 Å². The van der Waals surface area contributed by atoms with Crippen LogP contribution in [0, 0.1) is 21.7 Å². The third-order valence-corrected chi connectivity index (χ3v) is 16.8. The number of benzene rings is 2. The van der Waals surface area contributed by atoms with E-state index in [9.17, 15) is 19.8 Å². The number of hydrogen-bond donors (Lipinski definition) is 4. The first kappa shape index (κ1) is 61.2. The number of Topliss-reactive ketones (excluding diaryl/α,β-unsaturated/α-hetero) is 2. The Bertz CT molecular complexity index is 3750. The number of phenols is 2. The van der Waals surface area contributed by atoms with Crippen LogP contribution < -0.4 is 10.4 Å². The quantitative estimate of drug-likeness (QED) is 0.136. The van der Waals surface area contributed by atoms with Gasteiger partial charge in [-0.15, -0.1) is 0 Å². The number of carbonyl (C=O) groups is 2. The summed E-state index contributed by atoms with van der Waals surface area (Å²) >= 11 is 0. The van der Waals surface area contributed by atoms with E-state index in [2.05, 4.69) is 273 Å². The zero-order valence-corrected chi connectivity index (χ0v) is 54.8. The van der Waals surface area contributed by atoms with Gasteiger partial charge in [-0.1, -0.05) is 166 Å². The van der Waals surface area contributed by atoms with Crippen molar-refractivity contribution in [3.8, 4) is 33.8 Å². The Labute approximate surface area is 500 Å². The van der Waals surface area contributed by atoms with Crippen molar-refractivity contribution in [1.29, 1.82) is 0 Å². The first-order valence-electron chi connectivity index (χ1n) is 30.0. The molecule has 8 nitrogen and oxygen atoms in total. The zero-order chi connectivity index (χ0) is 62.3. The van der Waals surface area contributed by atoms with E-state index in [0.717, 1.165) is 110 Å². The van der Waals surface area contributed by atoms with Gasteiger partial charge in [-0.3, -0.25) is 9.59 Å². The average molecular weight is 1130 g/mol. The lowest BCUT2D eigenvalue weighted by Gasteiger charge is -2.31. The highest BCUT2D eigenvalue weighted by Gasteiger charge is 2.37. The van der Waals surface area contributed by atoms with Gasteiger partial charge in [0.25, 0.3) is 0 Å². The molecule has 5 aromatic rings. The van der Waals surface area contributed by atoms with Gasteiger partial charge in [0.15, 0.2) is 11.6 Å². The molecule has 4 N–H and O–H groups in total. The van der Waals surface area contributed by atoms with Gasteiger partial charge in [0, 0.05) is 88.2 Å². The number of phenolic OH excluding ortho intramolecular Hbond substituents is 2. The van der Waals surface area contributed by atoms with E-state index in [-0.39, 0.29) is 23.1 Å². The molecule has 0 spiro atoms. The van der Waals surface area contributed by atoms with Gasteiger partial charge in [-0.25, -0.2) is 9.97 Å². The Morgan fingerprint density at radius 3 is 0.810 bits per heavy atom. The maximum atomic E-state index is 14.7. The van der Waals surface area contributed by atoms with E-state index in [4.69, 9.17) is 9.97 Å². The summed E-state index contributed by atoms with van der Waals surface area (Å²) < 4.78 is 0. The molecule has 2 aliphatic heterocycles. The molecule has 0 amide bonds. The lowest BCUT2D eigenvalue weighted by atomic mass is 9.71. The second-order valence-electron chi connectivity index (χ2n) is 32.1. The fourth-order valence-corrected chi connectivity index (χ4v) is 12.0. The number of nitrogens with zero attached hydrogens (tertiary/aromatic N) is 2. The summed E-state index contributed by atoms with van der Waals surface area (Å²) in [4.78, 5) is 48.8. The molecule has 9 rings (SSSR count). The molecule has 0 unspecified atom stereocenters. The van der Waals surface area contributed by atoms with Gasteiger partial charge in [-0.2, -0.15) is 0 Å². The number of rotatable bonds is 2. The molecule has 0 radical (unpaired) electrons. The number of aromatic hydroxyl groups is 2. The molecule has 2 aliphatic carbocycles. The van der Waals surface area contributed by atoms with Gasteiger partial charge in [0.05, 0.1) is 22.8 Å². The normalized spacial score (nSPS) is 15.9. The number of ketones is 2. The van der Waals surface area contributed by atoms with Crippen molar-refractivity contribution in [2.75, 3.05) is 0 Å². The standard InChI is InChI=1S/C76H92N4O4/c1-69(2,3)45-33-41(34-46(65(45)81)70(4,5)6)61-53-25-27-55(77-53)62(42-35-47(71(7,8)9)66(82)48(36-42)72(10,11)12)57-29-31-59(79-57)64(44-39-51(75(19,20)21)68(84)52(40-44)76(22,23)24)60-32-30-58(80-60)63(56-28-26-54(61)78-56)43-37-49(73(13,14)15)67(83)50(38-43)74(16,17)18/h25-40,77,80-81,84H,1-24H3. The van der Waals surface area contributed by atoms with Gasteiger partial charge in [-0.05, 0) is 163 Å². The minimum absolute atomic E-state index is 0.0421. The van der Waals surface area contributed by atoms with Crippen LogP contribution in [-0.2, 0) is 31.2 Å². The van der Waals surface area contributed by atoms with Crippen molar-refractivity contribution in [3.05, 3.63) is 151 Å². The highest BCUT2D eigenvalue weighted by atomic mass is 16.3. The maximum absolute atomic E-state index is 14.7. The highest BCUT2D eigenvalue weighted by molar-refractivity contribution is 6.15. The number of aromatic nitrogens is 4. The number of carbonyl (C=O) groups excluding carboxylic acids is 2. The molecule has 3 aromatic heterocycles. The van der Waals surface area contributed by atoms with Crippen LogP contribution in [0.3, 0.4) is 0 Å². The minimum Gasteiger partial charge on any atom is -0.507 e. The summed E-state index contributed by atoms with van der Waals surface area (Å²) in [5, 5.41) is 26.1. The number of H-pyrrole nitrogens is 2. The van der Waals surface area contributed by atoms with Crippen LogP contribution in [0.1, 0.15) is 211 Å². The van der Waals surface area contributed by atoms with E-state index in [0.29, 0.717) is 22.8 Å². The van der Waals surface area contributed by atoms with Crippen LogP contribution in [0.2, 0.25) is 0 Å². The molecule has 4 aliphatic rings. The second kappa shape index (κ2) is 20.2. The van der Waals surface area contributed by atoms with Crippen molar-refractivity contribution in [2.45, 2.75) is 188 Å². The molecule has 0 atom stereocenters. The highest BCUT2D eigenvalue weighted by Crippen LogP contribution is 2.47. The first-order valence-corrected chi connectivity index (χ1v) is 30.0. The third-order valence-electron chi connectivity index (χ3n) is 16.8. The monoisotopic (exact) mass is 1120 g/mol. The lowest BCUT2D eigenvalue weighted by Crippen LogP contribution is -2.29. The number of aromatic amines is 2. The van der Waals surface area contributed by atoms with Crippen LogP contribution in [0.4, 0.5) is 0 Å². The molecule has 440 valence electrons. The van der Waals surface area contributed by atoms with Gasteiger partial charge in [0.2, 0.25) is 0 Å². The Hall–Kier alpha value is -7.32. The largest absolute Gasteiger partial charge is 0.507 e. The number of hydrogen-bond acceptors (Lipinski definition) is 6. The predicted molar refractivity (Wildman–Crippen MR) is 354 cm³/mol. The molecule has 0 saturated carbocycles. The smallest absolute Gasteiger partial charge is 0.186 e. The van der Waals surface area contributed by atoms with Crippen LogP contribution in [0.5, 0.6) is 11.5 Å². The van der Waals surface area contributed by atoms with Gasteiger partial charge >= 0.3 is 0 Å². The molecule has 0 saturated heterocycles. The number of allylic oxidation sites excluding steroid dienone is 8. The molecule has 8 heteroatoms. The maximum Gasteiger partial charge on any atom is 0.186 e. The number of nitrogens with one attached hydrogen (secondary N) is 2. The molecule has 8 bridgehead atoms. The van der Waals surface area contributed by atoms with E-state index < -0.39 is 43.3 Å². The Balaban J connectivity index is 1.63. The van der Waals surface area contributed by atoms with Crippen molar-refractivity contribution in [1.82, 2.24) is 19.9 Å². The Morgan fingerprint density at radius 1 is 0.333 bits per heavy atom. The van der Waals surface area contributed by atoms with E-state index in [1.807, 2.05) is 0 Å². The summed E-state index contributed by atoms with van der Waals surface area (Å²) in [6.45, 7) is 50.8. The number of fused-ring (bicyclic) bond motifs is 8. The summed E-state index contributed by atoms with van der Waals surface area (Å²) in [7, 11) is 0. The van der Waals surface area contributed by atoms with Gasteiger partial charge < -0.3 is 20.2 Å². The fraction of sp³-hybridized carbons (Fsp3) is 0.421.